The minimum atomic E-state index is 0.251. The maximum atomic E-state index is 6.32. The zero-order valence-corrected chi connectivity index (χ0v) is 13.4. The third-order valence-corrected chi connectivity index (χ3v) is 4.56. The molecule has 0 saturated carbocycles. The Morgan fingerprint density at radius 2 is 2.25 bits per heavy atom. The SMILES string of the molecule is CNC(C)c1ccc(OCC2CCCCN2C)cc1Cl. The van der Waals surface area contributed by atoms with Gasteiger partial charge in [-0.05, 0) is 58.1 Å². The molecule has 1 aromatic rings. The van der Waals surface area contributed by atoms with Crippen LogP contribution in [0.2, 0.25) is 5.02 Å². The molecule has 2 unspecified atom stereocenters. The Bertz CT molecular complexity index is 438. The summed E-state index contributed by atoms with van der Waals surface area (Å²) in [6, 6.07) is 6.76. The second kappa shape index (κ2) is 7.30. The lowest BCUT2D eigenvalue weighted by Crippen LogP contribution is -2.40. The maximum absolute atomic E-state index is 6.32. The molecule has 1 saturated heterocycles. The van der Waals surface area contributed by atoms with Crippen LogP contribution in [-0.4, -0.2) is 38.2 Å². The molecule has 0 radical (unpaired) electrons. The Hall–Kier alpha value is -0.770. The van der Waals surface area contributed by atoms with Crippen LogP contribution in [0.25, 0.3) is 0 Å². The van der Waals surface area contributed by atoms with E-state index in [4.69, 9.17) is 16.3 Å². The van der Waals surface area contributed by atoms with E-state index in [1.54, 1.807) is 0 Å². The molecule has 2 rings (SSSR count). The Morgan fingerprint density at radius 3 is 2.90 bits per heavy atom. The predicted octanol–water partition coefficient (Wildman–Crippen LogP) is 3.48. The lowest BCUT2D eigenvalue weighted by molar-refractivity contribution is 0.125. The largest absolute Gasteiger partial charge is 0.492 e. The summed E-state index contributed by atoms with van der Waals surface area (Å²) in [7, 11) is 4.11. The number of ether oxygens (including phenoxy) is 1. The van der Waals surface area contributed by atoms with E-state index in [1.807, 2.05) is 25.2 Å². The number of rotatable bonds is 5. The standard InChI is InChI=1S/C16H25ClN2O/c1-12(18-2)15-8-7-14(10-16(15)17)20-11-13-6-4-5-9-19(13)3/h7-8,10,12-13,18H,4-6,9,11H2,1-3H3. The average molecular weight is 297 g/mol. The quantitative estimate of drug-likeness (QED) is 0.900. The lowest BCUT2D eigenvalue weighted by atomic mass is 10.0. The highest BCUT2D eigenvalue weighted by Crippen LogP contribution is 2.27. The molecule has 0 bridgehead atoms. The first-order valence-corrected chi connectivity index (χ1v) is 7.79. The van der Waals surface area contributed by atoms with Gasteiger partial charge < -0.3 is 15.0 Å². The first-order valence-electron chi connectivity index (χ1n) is 7.41. The van der Waals surface area contributed by atoms with Gasteiger partial charge in [0.05, 0.1) is 0 Å². The molecule has 1 aromatic carbocycles. The maximum Gasteiger partial charge on any atom is 0.120 e. The Balaban J connectivity index is 1.94. The van der Waals surface area contributed by atoms with E-state index in [2.05, 4.69) is 24.2 Å². The van der Waals surface area contributed by atoms with E-state index in [1.165, 1.54) is 25.8 Å². The van der Waals surface area contributed by atoms with Gasteiger partial charge in [-0.1, -0.05) is 24.1 Å². The first kappa shape index (κ1) is 15.6. The number of nitrogens with one attached hydrogen (secondary N) is 1. The number of likely N-dealkylation sites (tertiary alicyclic amines) is 1. The van der Waals surface area contributed by atoms with Crippen molar-refractivity contribution in [3.05, 3.63) is 28.8 Å². The predicted molar refractivity (Wildman–Crippen MR) is 84.7 cm³/mol. The summed E-state index contributed by atoms with van der Waals surface area (Å²) < 4.78 is 5.92. The fourth-order valence-corrected chi connectivity index (χ4v) is 2.99. The fourth-order valence-electron chi connectivity index (χ4n) is 2.65. The van der Waals surface area contributed by atoms with Crippen LogP contribution in [-0.2, 0) is 0 Å². The molecule has 1 heterocycles. The van der Waals surface area contributed by atoms with E-state index < -0.39 is 0 Å². The van der Waals surface area contributed by atoms with Gasteiger partial charge in [-0.2, -0.15) is 0 Å². The van der Waals surface area contributed by atoms with E-state index in [0.717, 1.165) is 22.9 Å². The first-order chi connectivity index (χ1) is 9.61. The molecule has 0 spiro atoms. The van der Waals surface area contributed by atoms with Gasteiger partial charge in [-0.25, -0.2) is 0 Å². The second-order valence-electron chi connectivity index (χ2n) is 5.63. The monoisotopic (exact) mass is 296 g/mol. The zero-order chi connectivity index (χ0) is 14.5. The van der Waals surface area contributed by atoms with Crippen molar-refractivity contribution in [2.45, 2.75) is 38.3 Å². The van der Waals surface area contributed by atoms with Crippen LogP contribution < -0.4 is 10.1 Å². The zero-order valence-electron chi connectivity index (χ0n) is 12.7. The van der Waals surface area contributed by atoms with Gasteiger partial charge in [0.1, 0.15) is 12.4 Å². The molecular weight excluding hydrogens is 272 g/mol. The third kappa shape index (κ3) is 3.87. The van der Waals surface area contributed by atoms with Crippen molar-refractivity contribution in [3.63, 3.8) is 0 Å². The molecule has 0 aromatic heterocycles. The van der Waals surface area contributed by atoms with Crippen LogP contribution in [0.1, 0.15) is 37.8 Å². The number of likely N-dealkylation sites (N-methyl/N-ethyl adjacent to an activating group) is 1. The summed E-state index contributed by atoms with van der Waals surface area (Å²) in [5.74, 6) is 0.862. The van der Waals surface area contributed by atoms with Gasteiger partial charge >= 0.3 is 0 Å². The smallest absolute Gasteiger partial charge is 0.120 e. The Labute approximate surface area is 127 Å². The van der Waals surface area contributed by atoms with Crippen LogP contribution in [0.3, 0.4) is 0 Å². The molecule has 1 N–H and O–H groups in total. The molecule has 2 atom stereocenters. The lowest BCUT2D eigenvalue weighted by Gasteiger charge is -2.32. The highest BCUT2D eigenvalue weighted by atomic mass is 35.5. The minimum absolute atomic E-state index is 0.251. The molecule has 3 nitrogen and oxygen atoms in total. The van der Waals surface area contributed by atoms with Crippen molar-refractivity contribution < 1.29 is 4.74 Å². The Morgan fingerprint density at radius 1 is 1.45 bits per heavy atom. The molecular formula is C16H25ClN2O. The van der Waals surface area contributed by atoms with E-state index in [-0.39, 0.29) is 6.04 Å². The van der Waals surface area contributed by atoms with Crippen molar-refractivity contribution >= 4 is 11.6 Å². The number of hydrogen-bond acceptors (Lipinski definition) is 3. The van der Waals surface area contributed by atoms with Crippen LogP contribution in [0, 0.1) is 0 Å². The van der Waals surface area contributed by atoms with Crippen LogP contribution in [0.15, 0.2) is 18.2 Å². The summed E-state index contributed by atoms with van der Waals surface area (Å²) in [6.45, 7) is 4.01. The fraction of sp³-hybridized carbons (Fsp3) is 0.625. The number of halogens is 1. The summed E-state index contributed by atoms with van der Waals surface area (Å²) in [5.41, 5.74) is 1.11. The van der Waals surface area contributed by atoms with Gasteiger partial charge in [-0.15, -0.1) is 0 Å². The molecule has 1 aliphatic rings. The van der Waals surface area contributed by atoms with Crippen molar-refractivity contribution in [1.82, 2.24) is 10.2 Å². The van der Waals surface area contributed by atoms with Crippen LogP contribution >= 0.6 is 11.6 Å². The van der Waals surface area contributed by atoms with Crippen molar-refractivity contribution in [1.29, 1.82) is 0 Å². The van der Waals surface area contributed by atoms with E-state index in [0.29, 0.717) is 6.04 Å². The number of hydrogen-bond donors (Lipinski definition) is 1. The molecule has 0 amide bonds. The second-order valence-corrected chi connectivity index (χ2v) is 6.04. The van der Waals surface area contributed by atoms with Crippen LogP contribution in [0.4, 0.5) is 0 Å². The molecule has 0 aliphatic carbocycles. The molecule has 4 heteroatoms. The third-order valence-electron chi connectivity index (χ3n) is 4.24. The molecule has 1 fully saturated rings. The Kier molecular flexibility index (Phi) is 5.70. The van der Waals surface area contributed by atoms with Gasteiger partial charge in [0.2, 0.25) is 0 Å². The summed E-state index contributed by atoms with van der Waals surface area (Å²) >= 11 is 6.32. The highest BCUT2D eigenvalue weighted by molar-refractivity contribution is 6.31. The normalized spacial score (nSPS) is 21.7. The van der Waals surface area contributed by atoms with Crippen LogP contribution in [0.5, 0.6) is 5.75 Å². The average Bonchev–Trinajstić information content (AvgIpc) is 2.46. The molecule has 20 heavy (non-hydrogen) atoms. The van der Waals surface area contributed by atoms with E-state index in [9.17, 15) is 0 Å². The molecule has 112 valence electrons. The minimum Gasteiger partial charge on any atom is -0.492 e. The number of benzene rings is 1. The summed E-state index contributed by atoms with van der Waals surface area (Å²) in [4.78, 5) is 2.39. The van der Waals surface area contributed by atoms with Crippen molar-refractivity contribution in [2.24, 2.45) is 0 Å². The summed E-state index contributed by atoms with van der Waals surface area (Å²) in [6.07, 6.45) is 3.83. The molecule has 1 aliphatic heterocycles. The van der Waals surface area contributed by atoms with Crippen molar-refractivity contribution in [2.75, 3.05) is 27.2 Å². The number of piperidine rings is 1. The highest BCUT2D eigenvalue weighted by Gasteiger charge is 2.19. The van der Waals surface area contributed by atoms with Crippen molar-refractivity contribution in [3.8, 4) is 5.75 Å². The van der Waals surface area contributed by atoms with Gasteiger partial charge in [0, 0.05) is 17.1 Å². The number of nitrogens with zero attached hydrogens (tertiary/aromatic N) is 1. The van der Waals surface area contributed by atoms with Gasteiger partial charge in [-0.3, -0.25) is 0 Å². The van der Waals surface area contributed by atoms with Gasteiger partial charge in [0.15, 0.2) is 0 Å². The summed E-state index contributed by atoms with van der Waals surface area (Å²) in [5, 5.41) is 3.96. The van der Waals surface area contributed by atoms with Gasteiger partial charge in [0.25, 0.3) is 0 Å². The topological polar surface area (TPSA) is 24.5 Å². The van der Waals surface area contributed by atoms with E-state index >= 15 is 0 Å².